The van der Waals surface area contributed by atoms with Crippen molar-refractivity contribution in [3.05, 3.63) is 35.9 Å². The van der Waals surface area contributed by atoms with Gasteiger partial charge in [0, 0.05) is 18.5 Å². The Bertz CT molecular complexity index is 601. The molecule has 0 N–H and O–H groups in total. The van der Waals surface area contributed by atoms with E-state index in [1.807, 2.05) is 30.3 Å². The van der Waals surface area contributed by atoms with Gasteiger partial charge in [-0.3, -0.25) is 4.79 Å². The Morgan fingerprint density at radius 3 is 2.45 bits per heavy atom. The monoisotopic (exact) mass is 268 g/mol. The molecule has 3 nitrogen and oxygen atoms in total. The zero-order chi connectivity index (χ0) is 13.8. The largest absolute Gasteiger partial charge is 0.356 e. The molecule has 3 rings (SSSR count). The minimum Gasteiger partial charge on any atom is -0.356 e. The van der Waals surface area contributed by atoms with Crippen molar-refractivity contribution >= 4 is 23.0 Å². The van der Waals surface area contributed by atoms with E-state index in [9.17, 15) is 4.79 Å². The average Bonchev–Trinajstić information content (AvgIpc) is 2.46. The second-order valence-corrected chi connectivity index (χ2v) is 5.47. The van der Waals surface area contributed by atoms with Crippen molar-refractivity contribution in [2.24, 2.45) is 0 Å². The van der Waals surface area contributed by atoms with Crippen LogP contribution in [0, 0.1) is 0 Å². The smallest absolute Gasteiger partial charge is 0.153 e. The third-order valence-corrected chi connectivity index (χ3v) is 4.01. The highest BCUT2D eigenvalue weighted by Crippen LogP contribution is 2.24. The number of rotatable bonds is 2. The van der Waals surface area contributed by atoms with E-state index >= 15 is 0 Å². The van der Waals surface area contributed by atoms with Gasteiger partial charge >= 0.3 is 0 Å². The van der Waals surface area contributed by atoms with Gasteiger partial charge in [0.25, 0.3) is 0 Å². The van der Waals surface area contributed by atoms with E-state index in [0.717, 1.165) is 36.1 Å². The quantitative estimate of drug-likeness (QED) is 0.776. The van der Waals surface area contributed by atoms with Crippen LogP contribution in [0.25, 0.3) is 10.9 Å². The van der Waals surface area contributed by atoms with Crippen LogP contribution in [0.2, 0.25) is 0 Å². The minimum absolute atomic E-state index is 0.712. The van der Waals surface area contributed by atoms with E-state index in [-0.39, 0.29) is 0 Å². The molecule has 0 amide bonds. The molecule has 0 unspecified atom stereocenters. The molecule has 0 atom stereocenters. The Labute approximate surface area is 119 Å². The van der Waals surface area contributed by atoms with Gasteiger partial charge in [0.1, 0.15) is 5.82 Å². The SMILES string of the molecule is O=Cc1cc2ccccc2nc1N1CCCCCCC1. The van der Waals surface area contributed by atoms with Crippen molar-refractivity contribution in [3.8, 4) is 0 Å². The van der Waals surface area contributed by atoms with E-state index < -0.39 is 0 Å². The van der Waals surface area contributed by atoms with Gasteiger partial charge in [-0.05, 0) is 25.0 Å². The summed E-state index contributed by atoms with van der Waals surface area (Å²) in [6.07, 6.45) is 7.20. The topological polar surface area (TPSA) is 33.2 Å². The Kier molecular flexibility index (Phi) is 3.95. The Morgan fingerprint density at radius 2 is 1.70 bits per heavy atom. The van der Waals surface area contributed by atoms with E-state index in [1.54, 1.807) is 0 Å². The van der Waals surface area contributed by atoms with Crippen LogP contribution in [0.5, 0.6) is 0 Å². The molecule has 1 aromatic heterocycles. The van der Waals surface area contributed by atoms with Crippen LogP contribution in [0.4, 0.5) is 5.82 Å². The minimum atomic E-state index is 0.712. The highest BCUT2D eigenvalue weighted by molar-refractivity contribution is 5.91. The van der Waals surface area contributed by atoms with Crippen molar-refractivity contribution in [1.82, 2.24) is 4.98 Å². The summed E-state index contributed by atoms with van der Waals surface area (Å²) in [6.45, 7) is 2.01. The van der Waals surface area contributed by atoms with Crippen molar-refractivity contribution in [1.29, 1.82) is 0 Å². The standard InChI is InChI=1S/C17H20N2O/c20-13-15-12-14-8-4-5-9-16(14)18-17(15)19-10-6-2-1-3-7-11-19/h4-5,8-9,12-13H,1-3,6-7,10-11H2. The van der Waals surface area contributed by atoms with Crippen LogP contribution in [0.1, 0.15) is 42.5 Å². The zero-order valence-electron chi connectivity index (χ0n) is 11.7. The molecular weight excluding hydrogens is 248 g/mol. The van der Waals surface area contributed by atoms with E-state index in [4.69, 9.17) is 4.98 Å². The van der Waals surface area contributed by atoms with Gasteiger partial charge in [-0.15, -0.1) is 0 Å². The molecule has 20 heavy (non-hydrogen) atoms. The predicted molar refractivity (Wildman–Crippen MR) is 82.4 cm³/mol. The second kappa shape index (κ2) is 6.04. The molecule has 0 bridgehead atoms. The number of carbonyl (C=O) groups is 1. The second-order valence-electron chi connectivity index (χ2n) is 5.47. The first-order chi connectivity index (χ1) is 9.88. The van der Waals surface area contributed by atoms with Gasteiger partial charge in [-0.2, -0.15) is 0 Å². The number of benzene rings is 1. The summed E-state index contributed by atoms with van der Waals surface area (Å²) in [4.78, 5) is 18.4. The highest BCUT2D eigenvalue weighted by Gasteiger charge is 2.15. The number of carbonyl (C=O) groups excluding carboxylic acids is 1. The number of pyridine rings is 1. The van der Waals surface area contributed by atoms with E-state index in [2.05, 4.69) is 4.90 Å². The summed E-state index contributed by atoms with van der Waals surface area (Å²) >= 11 is 0. The molecule has 0 spiro atoms. The van der Waals surface area contributed by atoms with Crippen LogP contribution in [-0.2, 0) is 0 Å². The van der Waals surface area contributed by atoms with Gasteiger partial charge < -0.3 is 4.90 Å². The summed E-state index contributed by atoms with van der Waals surface area (Å²) in [5.41, 5.74) is 1.68. The summed E-state index contributed by atoms with van der Waals surface area (Å²) < 4.78 is 0. The van der Waals surface area contributed by atoms with Crippen LogP contribution in [0.15, 0.2) is 30.3 Å². The summed E-state index contributed by atoms with van der Waals surface area (Å²) in [6, 6.07) is 9.95. The maximum Gasteiger partial charge on any atom is 0.153 e. The Balaban J connectivity index is 2.01. The first kappa shape index (κ1) is 13.1. The van der Waals surface area contributed by atoms with Crippen molar-refractivity contribution in [3.63, 3.8) is 0 Å². The number of nitrogens with zero attached hydrogens (tertiary/aromatic N) is 2. The lowest BCUT2D eigenvalue weighted by atomic mass is 10.1. The normalized spacial score (nSPS) is 16.7. The number of hydrogen-bond donors (Lipinski definition) is 0. The molecule has 1 fully saturated rings. The van der Waals surface area contributed by atoms with Crippen LogP contribution < -0.4 is 4.90 Å². The fourth-order valence-electron chi connectivity index (χ4n) is 2.92. The molecule has 104 valence electrons. The summed E-state index contributed by atoms with van der Waals surface area (Å²) in [5, 5.41) is 1.03. The van der Waals surface area contributed by atoms with Gasteiger partial charge in [0.15, 0.2) is 6.29 Å². The van der Waals surface area contributed by atoms with Gasteiger partial charge in [-0.1, -0.05) is 37.5 Å². The molecule has 3 heteroatoms. The molecule has 0 saturated carbocycles. The summed E-state index contributed by atoms with van der Waals surface area (Å²) in [7, 11) is 0. The number of fused-ring (bicyclic) bond motifs is 1. The third-order valence-electron chi connectivity index (χ3n) is 4.01. The average molecular weight is 268 g/mol. The fraction of sp³-hybridized carbons (Fsp3) is 0.412. The number of aromatic nitrogens is 1. The molecule has 1 aliphatic heterocycles. The zero-order valence-corrected chi connectivity index (χ0v) is 11.7. The first-order valence-corrected chi connectivity index (χ1v) is 7.48. The van der Waals surface area contributed by atoms with Crippen LogP contribution in [0.3, 0.4) is 0 Å². The molecule has 0 aliphatic carbocycles. The number of anilines is 1. The fourth-order valence-corrected chi connectivity index (χ4v) is 2.92. The number of hydrogen-bond acceptors (Lipinski definition) is 3. The first-order valence-electron chi connectivity index (χ1n) is 7.48. The molecule has 1 aromatic carbocycles. The molecule has 0 radical (unpaired) electrons. The lowest BCUT2D eigenvalue weighted by molar-refractivity contribution is 0.112. The van der Waals surface area contributed by atoms with Crippen LogP contribution >= 0.6 is 0 Å². The van der Waals surface area contributed by atoms with Gasteiger partial charge in [0.05, 0.1) is 11.1 Å². The van der Waals surface area contributed by atoms with Gasteiger partial charge in [-0.25, -0.2) is 4.98 Å². The summed E-state index contributed by atoms with van der Waals surface area (Å²) in [5.74, 6) is 0.862. The van der Waals surface area contributed by atoms with Crippen molar-refractivity contribution < 1.29 is 4.79 Å². The van der Waals surface area contributed by atoms with E-state index in [1.165, 1.54) is 32.1 Å². The lowest BCUT2D eigenvalue weighted by Crippen LogP contribution is -2.28. The number of aldehydes is 1. The Hall–Kier alpha value is -1.90. The molecule has 1 saturated heterocycles. The van der Waals surface area contributed by atoms with Crippen molar-refractivity contribution in [2.45, 2.75) is 32.1 Å². The highest BCUT2D eigenvalue weighted by atomic mass is 16.1. The molecule has 1 aliphatic rings. The maximum atomic E-state index is 11.4. The number of para-hydroxylation sites is 1. The molecule has 2 heterocycles. The molecular formula is C17H20N2O. The molecule has 2 aromatic rings. The lowest BCUT2D eigenvalue weighted by Gasteiger charge is -2.27. The predicted octanol–water partition coefficient (Wildman–Crippen LogP) is 3.82. The van der Waals surface area contributed by atoms with Crippen LogP contribution in [-0.4, -0.2) is 24.4 Å². The Morgan fingerprint density at radius 1 is 1.00 bits per heavy atom. The van der Waals surface area contributed by atoms with Crippen molar-refractivity contribution in [2.75, 3.05) is 18.0 Å². The van der Waals surface area contributed by atoms with Gasteiger partial charge in [0.2, 0.25) is 0 Å². The third kappa shape index (κ3) is 2.67. The maximum absolute atomic E-state index is 11.4. The van der Waals surface area contributed by atoms with E-state index in [0.29, 0.717) is 5.56 Å².